The van der Waals surface area contributed by atoms with Crippen molar-refractivity contribution in [1.82, 2.24) is 4.31 Å². The molecule has 1 N–H and O–H groups in total. The third kappa shape index (κ3) is 6.50. The summed E-state index contributed by atoms with van der Waals surface area (Å²) in [6.45, 7) is 0.395. The highest BCUT2D eigenvalue weighted by Crippen LogP contribution is 2.32. The first kappa shape index (κ1) is 28.4. The highest BCUT2D eigenvalue weighted by atomic mass is 35.5. The number of amides is 1. The highest BCUT2D eigenvalue weighted by molar-refractivity contribution is 7.93. The number of anilines is 2. The Balaban J connectivity index is 1.55. The molecule has 0 bridgehead atoms. The molecular weight excluding hydrogens is 569 g/mol. The summed E-state index contributed by atoms with van der Waals surface area (Å²) in [5.41, 5.74) is 0.415. The maximum atomic E-state index is 13.5. The third-order valence-electron chi connectivity index (χ3n) is 6.14. The van der Waals surface area contributed by atoms with Crippen molar-refractivity contribution in [2.24, 2.45) is 0 Å². The first-order valence-electron chi connectivity index (χ1n) is 12.0. The maximum Gasteiger partial charge on any atom is 0.264 e. The first-order chi connectivity index (χ1) is 18.1. The van der Waals surface area contributed by atoms with Crippen LogP contribution < -0.4 is 9.62 Å². The normalized spacial score (nSPS) is 15.0. The van der Waals surface area contributed by atoms with Gasteiger partial charge in [-0.05, 0) is 67.4 Å². The van der Waals surface area contributed by atoms with Gasteiger partial charge in [-0.25, -0.2) is 16.8 Å². The minimum atomic E-state index is -4.16. The van der Waals surface area contributed by atoms with Gasteiger partial charge < -0.3 is 5.32 Å². The van der Waals surface area contributed by atoms with Crippen molar-refractivity contribution in [2.45, 2.75) is 35.5 Å². The molecule has 0 aromatic heterocycles. The van der Waals surface area contributed by atoms with Crippen LogP contribution in [0.25, 0.3) is 0 Å². The predicted octanol–water partition coefficient (Wildman–Crippen LogP) is 5.39. The van der Waals surface area contributed by atoms with Gasteiger partial charge in [0.2, 0.25) is 15.9 Å². The molecule has 4 rings (SSSR count). The number of carbonyl (C=O) groups excluding carboxylic acids is 1. The van der Waals surface area contributed by atoms with Crippen LogP contribution in [0.2, 0.25) is 10.0 Å². The molecule has 1 aliphatic rings. The molecule has 0 radical (unpaired) electrons. The van der Waals surface area contributed by atoms with Gasteiger partial charge in [-0.2, -0.15) is 4.31 Å². The van der Waals surface area contributed by atoms with E-state index in [4.69, 9.17) is 23.2 Å². The van der Waals surface area contributed by atoms with Crippen LogP contribution in [-0.2, 0) is 24.8 Å². The summed E-state index contributed by atoms with van der Waals surface area (Å²) < 4.78 is 55.4. The summed E-state index contributed by atoms with van der Waals surface area (Å²) in [6.07, 6.45) is 3.67. The fourth-order valence-electron chi connectivity index (χ4n) is 4.18. The van der Waals surface area contributed by atoms with E-state index in [0.29, 0.717) is 23.8 Å². The monoisotopic (exact) mass is 595 g/mol. The second kappa shape index (κ2) is 12.0. The van der Waals surface area contributed by atoms with Crippen molar-refractivity contribution in [2.75, 3.05) is 29.3 Å². The second-order valence-electron chi connectivity index (χ2n) is 8.81. The summed E-state index contributed by atoms with van der Waals surface area (Å²) in [5, 5.41) is 3.02. The quantitative estimate of drug-likeness (QED) is 0.376. The standard InChI is InChI=1S/C26H27Cl2N3O5S2/c27-20-10-15-25(24(28)18-20)31(38(35,36)22-8-4-3-5-9-22)19-26(32)29-21-11-13-23(14-12-21)37(33,34)30-16-6-1-2-7-17-30/h3-5,8-15,18H,1-2,6-7,16-17,19H2,(H,29,32). The Labute approximate surface area is 233 Å². The summed E-state index contributed by atoms with van der Waals surface area (Å²) in [7, 11) is -7.79. The first-order valence-corrected chi connectivity index (χ1v) is 15.7. The van der Waals surface area contributed by atoms with Gasteiger partial charge >= 0.3 is 0 Å². The predicted molar refractivity (Wildman–Crippen MR) is 150 cm³/mol. The van der Waals surface area contributed by atoms with Crippen LogP contribution in [0, 0.1) is 0 Å². The van der Waals surface area contributed by atoms with Crippen molar-refractivity contribution in [1.29, 1.82) is 0 Å². The molecular formula is C26H27Cl2N3O5S2. The van der Waals surface area contributed by atoms with E-state index in [-0.39, 0.29) is 20.5 Å². The molecule has 0 saturated carbocycles. The molecule has 202 valence electrons. The minimum absolute atomic E-state index is 0.0121. The fraction of sp³-hybridized carbons (Fsp3) is 0.269. The van der Waals surface area contributed by atoms with Gasteiger partial charge in [-0.1, -0.05) is 54.2 Å². The van der Waals surface area contributed by atoms with Crippen LogP contribution >= 0.6 is 23.2 Å². The second-order valence-corrected chi connectivity index (χ2v) is 13.5. The van der Waals surface area contributed by atoms with Gasteiger partial charge in [0.05, 0.1) is 20.5 Å². The van der Waals surface area contributed by atoms with Gasteiger partial charge in [-0.15, -0.1) is 0 Å². The number of carbonyl (C=O) groups is 1. The molecule has 1 heterocycles. The van der Waals surface area contributed by atoms with E-state index in [1.165, 1.54) is 58.9 Å². The van der Waals surface area contributed by atoms with Crippen LogP contribution in [0.4, 0.5) is 11.4 Å². The van der Waals surface area contributed by atoms with Gasteiger partial charge in [0.25, 0.3) is 10.0 Å². The Hall–Kier alpha value is -2.63. The molecule has 3 aromatic carbocycles. The molecule has 1 saturated heterocycles. The van der Waals surface area contributed by atoms with Gasteiger partial charge in [0.15, 0.2) is 0 Å². The molecule has 8 nitrogen and oxygen atoms in total. The number of benzene rings is 3. The smallest absolute Gasteiger partial charge is 0.264 e. The molecule has 0 atom stereocenters. The lowest BCUT2D eigenvalue weighted by molar-refractivity contribution is -0.114. The zero-order valence-corrected chi connectivity index (χ0v) is 23.5. The average Bonchev–Trinajstić information content (AvgIpc) is 3.19. The summed E-state index contributed by atoms with van der Waals surface area (Å²) >= 11 is 12.3. The minimum Gasteiger partial charge on any atom is -0.325 e. The average molecular weight is 597 g/mol. The Kier molecular flexibility index (Phi) is 9.00. The molecule has 1 aliphatic heterocycles. The van der Waals surface area contributed by atoms with Crippen LogP contribution in [-0.4, -0.2) is 46.7 Å². The van der Waals surface area contributed by atoms with E-state index in [2.05, 4.69) is 5.32 Å². The van der Waals surface area contributed by atoms with Crippen molar-refractivity contribution >= 4 is 60.5 Å². The maximum absolute atomic E-state index is 13.5. The highest BCUT2D eigenvalue weighted by Gasteiger charge is 2.29. The van der Waals surface area contributed by atoms with E-state index >= 15 is 0 Å². The number of nitrogens with zero attached hydrogens (tertiary/aromatic N) is 2. The lowest BCUT2D eigenvalue weighted by Gasteiger charge is -2.25. The lowest BCUT2D eigenvalue weighted by atomic mass is 10.2. The zero-order valence-electron chi connectivity index (χ0n) is 20.4. The van der Waals surface area contributed by atoms with Crippen molar-refractivity contribution < 1.29 is 21.6 Å². The fourth-order valence-corrected chi connectivity index (χ4v) is 7.71. The van der Waals surface area contributed by atoms with Crippen LogP contribution in [0.1, 0.15) is 25.7 Å². The topological polar surface area (TPSA) is 104 Å². The Bertz CT molecular complexity index is 1490. The van der Waals surface area contributed by atoms with E-state index in [1.54, 1.807) is 18.2 Å². The lowest BCUT2D eigenvalue weighted by Crippen LogP contribution is -2.38. The Morgan fingerprint density at radius 3 is 2.05 bits per heavy atom. The summed E-state index contributed by atoms with van der Waals surface area (Å²) in [5.74, 6) is -0.640. The molecule has 1 fully saturated rings. The van der Waals surface area contributed by atoms with Gasteiger partial charge in [0.1, 0.15) is 6.54 Å². The molecule has 0 spiro atoms. The van der Waals surface area contributed by atoms with Crippen molar-refractivity contribution in [3.8, 4) is 0 Å². The van der Waals surface area contributed by atoms with Gasteiger partial charge in [0, 0.05) is 23.8 Å². The van der Waals surface area contributed by atoms with Crippen molar-refractivity contribution in [3.63, 3.8) is 0 Å². The number of hydrogen-bond acceptors (Lipinski definition) is 5. The number of nitrogens with one attached hydrogen (secondary N) is 1. The van der Waals surface area contributed by atoms with Crippen LogP contribution in [0.5, 0.6) is 0 Å². The molecule has 12 heteroatoms. The molecule has 0 unspecified atom stereocenters. The molecule has 3 aromatic rings. The van der Waals surface area contributed by atoms with E-state index < -0.39 is 32.5 Å². The van der Waals surface area contributed by atoms with Crippen LogP contribution in [0.15, 0.2) is 82.6 Å². The largest absolute Gasteiger partial charge is 0.325 e. The zero-order chi connectivity index (χ0) is 27.3. The molecule has 1 amide bonds. The SMILES string of the molecule is O=C(CN(c1ccc(Cl)cc1Cl)S(=O)(=O)c1ccccc1)Nc1ccc(S(=O)(=O)N2CCCCCC2)cc1. The van der Waals surface area contributed by atoms with E-state index in [9.17, 15) is 21.6 Å². The van der Waals surface area contributed by atoms with E-state index in [1.807, 2.05) is 0 Å². The number of rotatable bonds is 8. The van der Waals surface area contributed by atoms with E-state index in [0.717, 1.165) is 30.0 Å². The Morgan fingerprint density at radius 2 is 1.45 bits per heavy atom. The number of hydrogen-bond donors (Lipinski definition) is 1. The summed E-state index contributed by atoms with van der Waals surface area (Å²) in [6, 6.07) is 17.8. The Morgan fingerprint density at radius 1 is 0.816 bits per heavy atom. The van der Waals surface area contributed by atoms with Gasteiger partial charge in [-0.3, -0.25) is 9.10 Å². The molecule has 0 aliphatic carbocycles. The third-order valence-corrected chi connectivity index (χ3v) is 10.4. The van der Waals surface area contributed by atoms with Crippen LogP contribution in [0.3, 0.4) is 0 Å². The number of sulfonamides is 2. The number of halogens is 2. The molecule has 38 heavy (non-hydrogen) atoms. The summed E-state index contributed by atoms with van der Waals surface area (Å²) in [4.78, 5) is 13.1. The van der Waals surface area contributed by atoms with Crippen molar-refractivity contribution in [3.05, 3.63) is 82.8 Å².